The molecule has 1 aromatic heterocycles. The lowest BCUT2D eigenvalue weighted by molar-refractivity contribution is 0.122. The molecule has 2 atom stereocenters. The Morgan fingerprint density at radius 2 is 1.74 bits per heavy atom. The van der Waals surface area contributed by atoms with E-state index in [1.54, 1.807) is 0 Å². The minimum atomic E-state index is -0.0119. The molecule has 1 aliphatic heterocycles. The van der Waals surface area contributed by atoms with Crippen LogP contribution in [0.25, 0.3) is 28.0 Å². The first-order valence-electron chi connectivity index (χ1n) is 14.2. The quantitative estimate of drug-likeness (QED) is 0.352. The Hall–Kier alpha value is -3.38. The van der Waals surface area contributed by atoms with Crippen molar-refractivity contribution in [3.8, 4) is 11.4 Å². The number of morpholine rings is 1. The van der Waals surface area contributed by atoms with Crippen molar-refractivity contribution in [2.45, 2.75) is 47.5 Å². The summed E-state index contributed by atoms with van der Waals surface area (Å²) in [7, 11) is 0. The van der Waals surface area contributed by atoms with Gasteiger partial charge in [-0.15, -0.1) is 0 Å². The number of ether oxygens (including phenoxy) is 2. The Morgan fingerprint density at radius 3 is 2.45 bits per heavy atom. The van der Waals surface area contributed by atoms with Gasteiger partial charge in [-0.2, -0.15) is 0 Å². The number of hydrogen-bond acceptors (Lipinski definition) is 5. The molecule has 6 nitrogen and oxygen atoms in total. The maximum absolute atomic E-state index is 14.1. The number of hydrogen-bond donors (Lipinski definition) is 0. The zero-order valence-electron chi connectivity index (χ0n) is 23.4. The SMILES string of the molecule is CC.CC.CCCOC1=CC=C(n2c(-c3ccccc3)nc3ccc(N4CCOCC4)cc3c2=O)C2CC12.[HH]. The zero-order valence-corrected chi connectivity index (χ0v) is 23.4. The average molecular weight is 518 g/mol. The summed E-state index contributed by atoms with van der Waals surface area (Å²) in [4.78, 5) is 21.4. The monoisotopic (exact) mass is 517 g/mol. The van der Waals surface area contributed by atoms with Gasteiger partial charge in [-0.05, 0) is 43.2 Å². The topological polar surface area (TPSA) is 56.6 Å². The molecule has 3 aliphatic rings. The maximum Gasteiger partial charge on any atom is 0.266 e. The smallest absolute Gasteiger partial charge is 0.266 e. The molecule has 3 aromatic rings. The second-order valence-electron chi connectivity index (χ2n) is 9.20. The highest BCUT2D eigenvalue weighted by Gasteiger charge is 2.46. The number of anilines is 1. The van der Waals surface area contributed by atoms with Gasteiger partial charge in [0.15, 0.2) is 0 Å². The van der Waals surface area contributed by atoms with Crippen LogP contribution in [-0.4, -0.2) is 42.5 Å². The number of benzene rings is 2. The minimum absolute atomic E-state index is 0. The number of fused-ring (bicyclic) bond motifs is 2. The van der Waals surface area contributed by atoms with E-state index in [1.807, 2.05) is 74.7 Å². The van der Waals surface area contributed by atoms with Crippen molar-refractivity contribution in [3.63, 3.8) is 0 Å². The van der Waals surface area contributed by atoms with E-state index >= 15 is 0 Å². The molecular weight excluding hydrogens is 474 g/mol. The molecule has 204 valence electrons. The second kappa shape index (κ2) is 12.9. The van der Waals surface area contributed by atoms with Crippen LogP contribution in [0.3, 0.4) is 0 Å². The summed E-state index contributed by atoms with van der Waals surface area (Å²) in [5, 5.41) is 0.652. The van der Waals surface area contributed by atoms with Gasteiger partial charge in [-0.25, -0.2) is 4.98 Å². The fourth-order valence-corrected chi connectivity index (χ4v) is 5.08. The Bertz CT molecular complexity index is 1340. The Morgan fingerprint density at radius 1 is 1.00 bits per heavy atom. The number of allylic oxidation sites excluding steroid dienone is 4. The van der Waals surface area contributed by atoms with E-state index in [0.717, 1.165) is 60.8 Å². The van der Waals surface area contributed by atoms with Crippen molar-refractivity contribution < 1.29 is 10.9 Å². The van der Waals surface area contributed by atoms with Crippen molar-refractivity contribution in [3.05, 3.63) is 76.8 Å². The first-order valence-corrected chi connectivity index (χ1v) is 14.2. The molecule has 2 fully saturated rings. The fraction of sp³-hybridized carbons (Fsp3) is 0.438. The van der Waals surface area contributed by atoms with E-state index in [0.29, 0.717) is 36.3 Å². The summed E-state index contributed by atoms with van der Waals surface area (Å²) in [5.41, 5.74) is 3.72. The number of aromatic nitrogens is 2. The highest BCUT2D eigenvalue weighted by molar-refractivity contribution is 5.85. The molecule has 2 heterocycles. The van der Waals surface area contributed by atoms with E-state index in [-0.39, 0.29) is 6.99 Å². The van der Waals surface area contributed by atoms with Crippen molar-refractivity contribution in [2.75, 3.05) is 37.8 Å². The predicted molar refractivity (Wildman–Crippen MR) is 159 cm³/mol. The van der Waals surface area contributed by atoms with Crippen LogP contribution in [0.5, 0.6) is 0 Å². The van der Waals surface area contributed by atoms with Gasteiger partial charge in [-0.1, -0.05) is 65.0 Å². The molecule has 0 N–H and O–H groups in total. The first kappa shape index (κ1) is 27.6. The third-order valence-electron chi connectivity index (χ3n) is 6.95. The molecule has 6 heteroatoms. The Labute approximate surface area is 228 Å². The lowest BCUT2D eigenvalue weighted by atomic mass is 10.1. The highest BCUT2D eigenvalue weighted by Crippen LogP contribution is 2.53. The third-order valence-corrected chi connectivity index (χ3v) is 6.95. The summed E-state index contributed by atoms with van der Waals surface area (Å²) in [6.45, 7) is 13.9. The molecule has 2 aromatic carbocycles. The van der Waals surface area contributed by atoms with Crippen LogP contribution in [0.4, 0.5) is 5.69 Å². The molecule has 2 unspecified atom stereocenters. The van der Waals surface area contributed by atoms with Crippen LogP contribution in [0, 0.1) is 11.8 Å². The second-order valence-corrected chi connectivity index (χ2v) is 9.20. The van der Waals surface area contributed by atoms with Crippen LogP contribution in [0.15, 0.2) is 71.2 Å². The van der Waals surface area contributed by atoms with Crippen LogP contribution in [0.1, 0.15) is 48.9 Å². The van der Waals surface area contributed by atoms with Gasteiger partial charge >= 0.3 is 0 Å². The summed E-state index contributed by atoms with van der Waals surface area (Å²) in [6.07, 6.45) is 6.11. The molecule has 0 radical (unpaired) electrons. The number of nitrogens with zero attached hydrogens (tertiary/aromatic N) is 3. The van der Waals surface area contributed by atoms with Gasteiger partial charge in [0.2, 0.25) is 0 Å². The molecule has 0 spiro atoms. The van der Waals surface area contributed by atoms with E-state index in [4.69, 9.17) is 14.5 Å². The van der Waals surface area contributed by atoms with Crippen molar-refractivity contribution in [2.24, 2.45) is 11.8 Å². The van der Waals surface area contributed by atoms with Crippen molar-refractivity contribution >= 4 is 22.3 Å². The molecule has 1 saturated carbocycles. The van der Waals surface area contributed by atoms with Crippen LogP contribution in [0.2, 0.25) is 0 Å². The number of rotatable bonds is 6. The van der Waals surface area contributed by atoms with E-state index < -0.39 is 0 Å². The Balaban J connectivity index is 0.000000805. The summed E-state index contributed by atoms with van der Waals surface area (Å²) in [5.74, 6) is 2.39. The van der Waals surface area contributed by atoms with Crippen LogP contribution in [-0.2, 0) is 9.47 Å². The predicted octanol–water partition coefficient (Wildman–Crippen LogP) is 7.00. The standard InChI is InChI=1S/C28H29N3O3.2C2H6.H2/c1-2-14-34-26-11-10-25(21-18-22(21)26)31-27(19-6-4-3-5-7-19)29-24-9-8-20(17-23(24)28(31)32)30-12-15-33-16-13-30;2*1-2;/h3-11,17,21-22H,2,12-16,18H2,1H3;2*1-2H3;1H. The zero-order chi connectivity index (χ0) is 27.1. The molecule has 1 saturated heterocycles. The van der Waals surface area contributed by atoms with Gasteiger partial charge in [0.05, 0.1) is 36.5 Å². The van der Waals surface area contributed by atoms with Crippen LogP contribution < -0.4 is 10.5 Å². The average Bonchev–Trinajstić information content (AvgIpc) is 3.81. The molecule has 38 heavy (non-hydrogen) atoms. The summed E-state index contributed by atoms with van der Waals surface area (Å²) in [6, 6.07) is 16.0. The molecule has 6 rings (SSSR count). The van der Waals surface area contributed by atoms with Gasteiger partial charge in [0.25, 0.3) is 5.56 Å². The lowest BCUT2D eigenvalue weighted by Gasteiger charge is -2.29. The first-order chi connectivity index (χ1) is 18.7. The molecular formula is C32H43N3O3. The largest absolute Gasteiger partial charge is 0.498 e. The van der Waals surface area contributed by atoms with Crippen molar-refractivity contribution in [1.82, 2.24) is 9.55 Å². The van der Waals surface area contributed by atoms with E-state index in [9.17, 15) is 4.79 Å². The summed E-state index contributed by atoms with van der Waals surface area (Å²) < 4.78 is 13.3. The van der Waals surface area contributed by atoms with E-state index in [2.05, 4.69) is 30.0 Å². The minimum Gasteiger partial charge on any atom is -0.498 e. The van der Waals surface area contributed by atoms with Gasteiger partial charge in [0, 0.05) is 43.3 Å². The highest BCUT2D eigenvalue weighted by atomic mass is 16.5. The normalized spacial score (nSPS) is 19.7. The molecule has 0 bridgehead atoms. The summed E-state index contributed by atoms with van der Waals surface area (Å²) >= 11 is 0. The lowest BCUT2D eigenvalue weighted by Crippen LogP contribution is -2.36. The molecule has 2 aliphatic carbocycles. The maximum atomic E-state index is 14.1. The van der Waals surface area contributed by atoms with E-state index in [1.165, 1.54) is 0 Å². The Kier molecular flexibility index (Phi) is 9.40. The van der Waals surface area contributed by atoms with Crippen LogP contribution >= 0.6 is 0 Å². The molecule has 0 amide bonds. The fourth-order valence-electron chi connectivity index (χ4n) is 5.08. The van der Waals surface area contributed by atoms with Gasteiger partial charge < -0.3 is 14.4 Å². The van der Waals surface area contributed by atoms with Gasteiger partial charge in [0.1, 0.15) is 5.82 Å². The van der Waals surface area contributed by atoms with Gasteiger partial charge in [-0.3, -0.25) is 9.36 Å². The van der Waals surface area contributed by atoms with Crippen molar-refractivity contribution in [1.29, 1.82) is 0 Å². The third kappa shape index (κ3) is 5.56.